The maximum Gasteiger partial charge on any atom is 0.325 e. The van der Waals surface area contributed by atoms with Gasteiger partial charge in [-0.2, -0.15) is 0 Å². The van der Waals surface area contributed by atoms with Crippen molar-refractivity contribution in [1.82, 2.24) is 25.1 Å². The van der Waals surface area contributed by atoms with Gasteiger partial charge >= 0.3 is 6.03 Å². The molecule has 1 aromatic heterocycles. The van der Waals surface area contributed by atoms with Gasteiger partial charge in [0.1, 0.15) is 17.9 Å². The van der Waals surface area contributed by atoms with Crippen LogP contribution in [0.25, 0.3) is 11.1 Å². The van der Waals surface area contributed by atoms with Crippen LogP contribution >= 0.6 is 0 Å². The molecule has 0 bridgehead atoms. The van der Waals surface area contributed by atoms with Crippen molar-refractivity contribution in [3.05, 3.63) is 42.0 Å². The monoisotopic (exact) mass is 494 g/mol. The lowest BCUT2D eigenvalue weighted by atomic mass is 9.93. The molecule has 36 heavy (non-hydrogen) atoms. The van der Waals surface area contributed by atoms with Crippen LogP contribution in [-0.2, 0) is 9.59 Å². The summed E-state index contributed by atoms with van der Waals surface area (Å²) < 4.78 is 13.6. The van der Waals surface area contributed by atoms with Gasteiger partial charge in [-0.15, -0.1) is 0 Å². The average Bonchev–Trinajstić information content (AvgIpc) is 3.44. The summed E-state index contributed by atoms with van der Waals surface area (Å²) in [6, 6.07) is 5.28. The van der Waals surface area contributed by atoms with E-state index >= 15 is 0 Å². The number of imide groups is 1. The van der Waals surface area contributed by atoms with Crippen LogP contribution in [0.1, 0.15) is 56.7 Å². The van der Waals surface area contributed by atoms with Crippen molar-refractivity contribution in [2.45, 2.75) is 56.5 Å². The standard InChI is InChI=1S/C26H31FN6O3/c1-31(2)24-28-15-19(17-8-10-18(27)11-9-17)22(29-24)20-7-3-6-14-32(20)21(34)16-33-23(35)26(30-25(33)36)12-4-5-13-26/h8-11,15,20H,3-7,12-14,16H2,1-2H3,(H,30,36). The van der Waals surface area contributed by atoms with E-state index in [1.54, 1.807) is 28.1 Å². The maximum atomic E-state index is 13.6. The topological polar surface area (TPSA) is 98.7 Å². The van der Waals surface area contributed by atoms with Gasteiger partial charge in [0.25, 0.3) is 5.91 Å². The number of halogens is 1. The molecule has 9 nitrogen and oxygen atoms in total. The maximum absolute atomic E-state index is 13.6. The first-order valence-corrected chi connectivity index (χ1v) is 12.5. The van der Waals surface area contributed by atoms with Gasteiger partial charge in [-0.3, -0.25) is 14.5 Å². The van der Waals surface area contributed by atoms with E-state index in [1.165, 1.54) is 12.1 Å². The summed E-state index contributed by atoms with van der Waals surface area (Å²) in [7, 11) is 3.69. The Hall–Kier alpha value is -3.56. The third-order valence-electron chi connectivity index (χ3n) is 7.50. The summed E-state index contributed by atoms with van der Waals surface area (Å²) in [6.07, 6.45) is 7.13. The van der Waals surface area contributed by atoms with Crippen molar-refractivity contribution < 1.29 is 18.8 Å². The number of urea groups is 1. The van der Waals surface area contributed by atoms with Crippen molar-refractivity contribution in [3.63, 3.8) is 0 Å². The molecule has 2 aromatic rings. The minimum atomic E-state index is -0.846. The highest BCUT2D eigenvalue weighted by atomic mass is 19.1. The highest BCUT2D eigenvalue weighted by molar-refractivity contribution is 6.09. The molecule has 10 heteroatoms. The summed E-state index contributed by atoms with van der Waals surface area (Å²) in [6.45, 7) is 0.211. The molecule has 1 aromatic carbocycles. The molecule has 2 saturated heterocycles. The van der Waals surface area contributed by atoms with Crippen molar-refractivity contribution >= 4 is 23.8 Å². The third kappa shape index (κ3) is 4.29. The zero-order valence-corrected chi connectivity index (χ0v) is 20.7. The number of amides is 4. The van der Waals surface area contributed by atoms with Gasteiger partial charge in [0, 0.05) is 32.4 Å². The van der Waals surface area contributed by atoms with E-state index in [0.717, 1.165) is 41.7 Å². The van der Waals surface area contributed by atoms with Gasteiger partial charge in [-0.05, 0) is 49.8 Å². The molecule has 3 aliphatic rings. The Labute approximate surface area is 209 Å². The molecule has 0 radical (unpaired) electrons. The smallest absolute Gasteiger partial charge is 0.325 e. The van der Waals surface area contributed by atoms with Crippen LogP contribution in [0, 0.1) is 5.82 Å². The fraction of sp³-hybridized carbons (Fsp3) is 0.500. The second-order valence-electron chi connectivity index (χ2n) is 10.1. The Morgan fingerprint density at radius 2 is 1.86 bits per heavy atom. The normalized spacial score (nSPS) is 21.2. The molecule has 1 saturated carbocycles. The first kappa shape index (κ1) is 24.1. The summed E-state index contributed by atoms with van der Waals surface area (Å²) in [5.74, 6) is -0.413. The fourth-order valence-electron chi connectivity index (χ4n) is 5.58. The Morgan fingerprint density at radius 3 is 2.56 bits per heavy atom. The number of benzene rings is 1. The van der Waals surface area contributed by atoms with E-state index in [-0.39, 0.29) is 30.2 Å². The molecule has 4 amide bonds. The van der Waals surface area contributed by atoms with Crippen LogP contribution in [0.4, 0.5) is 15.1 Å². The minimum Gasteiger partial charge on any atom is -0.347 e. The minimum absolute atomic E-state index is 0.284. The second-order valence-corrected chi connectivity index (χ2v) is 10.1. The van der Waals surface area contributed by atoms with Crippen molar-refractivity contribution in [2.24, 2.45) is 0 Å². The zero-order valence-electron chi connectivity index (χ0n) is 20.7. The van der Waals surface area contributed by atoms with Crippen LogP contribution in [-0.4, -0.2) is 70.3 Å². The summed E-state index contributed by atoms with van der Waals surface area (Å²) >= 11 is 0. The summed E-state index contributed by atoms with van der Waals surface area (Å²) in [5.41, 5.74) is 1.32. The molecule has 1 unspecified atom stereocenters. The number of anilines is 1. The first-order chi connectivity index (χ1) is 17.3. The highest BCUT2D eigenvalue weighted by Gasteiger charge is 2.53. The van der Waals surface area contributed by atoms with Crippen LogP contribution in [0.5, 0.6) is 0 Å². The Balaban J connectivity index is 1.46. The van der Waals surface area contributed by atoms with Crippen molar-refractivity contribution in [3.8, 4) is 11.1 Å². The fourth-order valence-corrected chi connectivity index (χ4v) is 5.58. The Morgan fingerprint density at radius 1 is 1.14 bits per heavy atom. The van der Waals surface area contributed by atoms with Crippen molar-refractivity contribution in [1.29, 1.82) is 0 Å². The van der Waals surface area contributed by atoms with E-state index in [0.29, 0.717) is 37.4 Å². The lowest BCUT2D eigenvalue weighted by Crippen LogP contribution is -2.47. The van der Waals surface area contributed by atoms with E-state index in [9.17, 15) is 18.8 Å². The molecule has 1 spiro atoms. The van der Waals surface area contributed by atoms with E-state index in [1.807, 2.05) is 14.1 Å². The molecule has 1 N–H and O–H groups in total. The number of aromatic nitrogens is 2. The molecule has 190 valence electrons. The zero-order chi connectivity index (χ0) is 25.4. The Kier molecular flexibility index (Phi) is 6.36. The Bertz CT molecular complexity index is 1180. The van der Waals surface area contributed by atoms with Crippen molar-refractivity contribution in [2.75, 3.05) is 32.1 Å². The largest absolute Gasteiger partial charge is 0.347 e. The van der Waals surface area contributed by atoms with Gasteiger partial charge in [-0.1, -0.05) is 25.0 Å². The van der Waals surface area contributed by atoms with Gasteiger partial charge in [-0.25, -0.2) is 19.2 Å². The average molecular weight is 495 g/mol. The number of piperidine rings is 1. The molecule has 3 fully saturated rings. The molecule has 2 aliphatic heterocycles. The number of hydrogen-bond acceptors (Lipinski definition) is 6. The quantitative estimate of drug-likeness (QED) is 0.641. The molecule has 1 aliphatic carbocycles. The van der Waals surface area contributed by atoms with Crippen LogP contribution in [0.3, 0.4) is 0 Å². The van der Waals surface area contributed by atoms with Gasteiger partial charge < -0.3 is 15.1 Å². The SMILES string of the molecule is CN(C)c1ncc(-c2ccc(F)cc2)c(C2CCCCN2C(=O)CN2C(=O)NC3(CCCC3)C2=O)n1. The number of carbonyl (C=O) groups is 3. The van der Waals surface area contributed by atoms with E-state index < -0.39 is 11.6 Å². The van der Waals surface area contributed by atoms with Crippen LogP contribution in [0.2, 0.25) is 0 Å². The van der Waals surface area contributed by atoms with Crippen LogP contribution in [0.15, 0.2) is 30.5 Å². The highest BCUT2D eigenvalue weighted by Crippen LogP contribution is 2.38. The number of hydrogen-bond donors (Lipinski definition) is 1. The molecular weight excluding hydrogens is 463 g/mol. The molecular formula is C26H31FN6O3. The molecule has 5 rings (SSSR count). The first-order valence-electron chi connectivity index (χ1n) is 12.5. The number of carbonyl (C=O) groups excluding carboxylic acids is 3. The second kappa shape index (κ2) is 9.48. The number of nitrogens with zero attached hydrogens (tertiary/aromatic N) is 5. The van der Waals surface area contributed by atoms with Crippen LogP contribution < -0.4 is 10.2 Å². The third-order valence-corrected chi connectivity index (χ3v) is 7.50. The number of likely N-dealkylation sites (tertiary alicyclic amines) is 1. The summed E-state index contributed by atoms with van der Waals surface area (Å²) in [5, 5.41) is 2.85. The lowest BCUT2D eigenvalue weighted by molar-refractivity contribution is -0.141. The number of rotatable bonds is 5. The summed E-state index contributed by atoms with van der Waals surface area (Å²) in [4.78, 5) is 53.2. The lowest BCUT2D eigenvalue weighted by Gasteiger charge is -2.37. The predicted octanol–water partition coefficient (Wildman–Crippen LogP) is 3.27. The predicted molar refractivity (Wildman–Crippen MR) is 132 cm³/mol. The molecule has 1 atom stereocenters. The van der Waals surface area contributed by atoms with Gasteiger partial charge in [0.15, 0.2) is 0 Å². The van der Waals surface area contributed by atoms with E-state index in [2.05, 4.69) is 10.3 Å². The van der Waals surface area contributed by atoms with Gasteiger partial charge in [0.2, 0.25) is 11.9 Å². The van der Waals surface area contributed by atoms with Gasteiger partial charge in [0.05, 0.1) is 11.7 Å². The number of nitrogens with one attached hydrogen (secondary N) is 1. The molecule has 3 heterocycles. The van der Waals surface area contributed by atoms with E-state index in [4.69, 9.17) is 4.98 Å².